The van der Waals surface area contributed by atoms with Gasteiger partial charge in [-0.2, -0.15) is 0 Å². The molecule has 0 unspecified atom stereocenters. The number of benzene rings is 2. The molecule has 0 radical (unpaired) electrons. The summed E-state index contributed by atoms with van der Waals surface area (Å²) in [5.74, 6) is -1.24. The first kappa shape index (κ1) is 22.1. The largest absolute Gasteiger partial charge is 0.452 e. The second kappa shape index (κ2) is 9.83. The smallest absolute Gasteiger partial charge is 0.338 e. The molecule has 0 saturated heterocycles. The van der Waals surface area contributed by atoms with Crippen LogP contribution in [0, 0.1) is 0 Å². The van der Waals surface area contributed by atoms with Crippen molar-refractivity contribution < 1.29 is 27.5 Å². The molecule has 9 heteroatoms. The van der Waals surface area contributed by atoms with E-state index in [4.69, 9.17) is 4.74 Å². The number of carbonyl (C=O) groups is 3. The Bertz CT molecular complexity index is 983. The Morgan fingerprint density at radius 1 is 0.931 bits per heavy atom. The number of amides is 1. The first-order chi connectivity index (χ1) is 13.7. The molecular weight excluding hydrogens is 396 g/mol. The van der Waals surface area contributed by atoms with Gasteiger partial charge in [0.15, 0.2) is 12.4 Å². The van der Waals surface area contributed by atoms with E-state index >= 15 is 0 Å². The average molecular weight is 418 g/mol. The van der Waals surface area contributed by atoms with E-state index in [1.165, 1.54) is 55.5 Å². The normalized spacial score (nSPS) is 10.8. The molecule has 0 fully saturated rings. The summed E-state index contributed by atoms with van der Waals surface area (Å²) in [6, 6.07) is 11.2. The lowest BCUT2D eigenvalue weighted by Crippen LogP contribution is -2.29. The molecule has 0 saturated carbocycles. The van der Waals surface area contributed by atoms with Crippen molar-refractivity contribution in [3.8, 4) is 0 Å². The lowest BCUT2D eigenvalue weighted by atomic mass is 10.2. The van der Waals surface area contributed by atoms with Crippen molar-refractivity contribution in [2.45, 2.75) is 25.2 Å². The van der Waals surface area contributed by atoms with E-state index < -0.39 is 16.0 Å². The average Bonchev–Trinajstić information content (AvgIpc) is 2.70. The summed E-state index contributed by atoms with van der Waals surface area (Å²) < 4.78 is 32.2. The molecule has 0 aliphatic carbocycles. The highest BCUT2D eigenvalue weighted by molar-refractivity contribution is 7.92. The summed E-state index contributed by atoms with van der Waals surface area (Å²) in [5.41, 5.74) is 0.843. The summed E-state index contributed by atoms with van der Waals surface area (Å²) in [5, 5.41) is 2.59. The third-order valence-corrected chi connectivity index (χ3v) is 5.25. The van der Waals surface area contributed by atoms with Crippen molar-refractivity contribution in [1.29, 1.82) is 0 Å². The van der Waals surface area contributed by atoms with Crippen molar-refractivity contribution in [1.82, 2.24) is 5.32 Å². The number of carbonyl (C=O) groups excluding carboxylic acids is 3. The number of sulfonamides is 1. The van der Waals surface area contributed by atoms with E-state index in [2.05, 4.69) is 10.0 Å². The molecule has 154 valence electrons. The number of rotatable bonds is 9. The van der Waals surface area contributed by atoms with Crippen LogP contribution in [-0.4, -0.2) is 39.2 Å². The zero-order valence-electron chi connectivity index (χ0n) is 16.1. The molecule has 8 nitrogen and oxygen atoms in total. The van der Waals surface area contributed by atoms with E-state index in [-0.39, 0.29) is 34.4 Å². The maximum atomic E-state index is 12.4. The van der Waals surface area contributed by atoms with Crippen LogP contribution in [0.1, 0.15) is 41.0 Å². The Hall–Kier alpha value is -3.20. The van der Waals surface area contributed by atoms with Crippen LogP contribution in [0.5, 0.6) is 0 Å². The van der Waals surface area contributed by atoms with Crippen LogP contribution in [0.3, 0.4) is 0 Å². The zero-order chi connectivity index (χ0) is 21.4. The van der Waals surface area contributed by atoms with Crippen molar-refractivity contribution in [3.63, 3.8) is 0 Å². The van der Waals surface area contributed by atoms with Crippen LogP contribution in [0.4, 0.5) is 5.69 Å². The molecule has 0 aliphatic rings. The molecule has 0 aliphatic heterocycles. The number of Topliss-reactive ketones (excluding diaryl/α,β-unsaturated/α-hetero) is 1. The minimum absolute atomic E-state index is 0.00378. The van der Waals surface area contributed by atoms with E-state index in [1.807, 2.05) is 6.92 Å². The number of nitrogens with one attached hydrogen (secondary N) is 2. The number of ether oxygens (including phenoxy) is 1. The second-order valence-electron chi connectivity index (χ2n) is 6.19. The van der Waals surface area contributed by atoms with Gasteiger partial charge in [0.05, 0.1) is 10.5 Å². The molecule has 2 aromatic rings. The highest BCUT2D eigenvalue weighted by atomic mass is 32.2. The Morgan fingerprint density at radius 2 is 1.52 bits per heavy atom. The van der Waals surface area contributed by atoms with Gasteiger partial charge in [-0.1, -0.05) is 19.1 Å². The van der Waals surface area contributed by atoms with Gasteiger partial charge in [-0.3, -0.25) is 14.3 Å². The first-order valence-electron chi connectivity index (χ1n) is 8.90. The lowest BCUT2D eigenvalue weighted by Gasteiger charge is -2.09. The van der Waals surface area contributed by atoms with E-state index in [1.54, 1.807) is 0 Å². The van der Waals surface area contributed by atoms with Gasteiger partial charge in [-0.05, 0) is 49.7 Å². The highest BCUT2D eigenvalue weighted by Crippen LogP contribution is 2.18. The predicted octanol–water partition coefficient (Wildman–Crippen LogP) is 2.37. The SMILES string of the molecule is CCCNC(=O)COC(=O)c1ccc(NS(=O)(=O)c2ccc(C(C)=O)cc2)cc1. The minimum atomic E-state index is -3.85. The summed E-state index contributed by atoms with van der Waals surface area (Å²) in [6.45, 7) is 3.42. The molecule has 2 rings (SSSR count). The van der Waals surface area contributed by atoms with Crippen LogP contribution in [-0.2, 0) is 19.6 Å². The van der Waals surface area contributed by atoms with Crippen molar-refractivity contribution in [3.05, 3.63) is 59.7 Å². The molecule has 0 atom stereocenters. The number of ketones is 1. The minimum Gasteiger partial charge on any atom is -0.452 e. The van der Waals surface area contributed by atoms with Crippen LogP contribution in [0.2, 0.25) is 0 Å². The first-order valence-corrected chi connectivity index (χ1v) is 10.4. The Balaban J connectivity index is 1.99. The molecule has 2 aromatic carbocycles. The summed E-state index contributed by atoms with van der Waals surface area (Å²) >= 11 is 0. The van der Waals surface area contributed by atoms with Gasteiger partial charge < -0.3 is 10.1 Å². The van der Waals surface area contributed by atoms with Gasteiger partial charge in [0.1, 0.15) is 0 Å². The maximum Gasteiger partial charge on any atom is 0.338 e. The molecular formula is C20H22N2O6S. The van der Waals surface area contributed by atoms with Gasteiger partial charge in [0, 0.05) is 17.8 Å². The molecule has 0 spiro atoms. The third kappa shape index (κ3) is 6.42. The topological polar surface area (TPSA) is 119 Å². The molecule has 1 amide bonds. The van der Waals surface area contributed by atoms with E-state index in [0.717, 1.165) is 6.42 Å². The molecule has 2 N–H and O–H groups in total. The van der Waals surface area contributed by atoms with Crippen molar-refractivity contribution in [2.75, 3.05) is 17.9 Å². The molecule has 0 bridgehead atoms. The number of hydrogen-bond acceptors (Lipinski definition) is 6. The lowest BCUT2D eigenvalue weighted by molar-refractivity contribution is -0.124. The molecule has 29 heavy (non-hydrogen) atoms. The fraction of sp³-hybridized carbons (Fsp3) is 0.250. The van der Waals surface area contributed by atoms with Gasteiger partial charge in [0.2, 0.25) is 0 Å². The fourth-order valence-corrected chi connectivity index (χ4v) is 3.35. The standard InChI is InChI=1S/C20H22N2O6S/c1-3-12-21-19(24)13-28-20(25)16-4-8-17(9-5-16)22-29(26,27)18-10-6-15(7-11-18)14(2)23/h4-11,22H,3,12-13H2,1-2H3,(H,21,24). The van der Waals surface area contributed by atoms with Gasteiger partial charge in [-0.15, -0.1) is 0 Å². The Kier molecular flexibility index (Phi) is 7.49. The van der Waals surface area contributed by atoms with Crippen LogP contribution in [0.25, 0.3) is 0 Å². The van der Waals surface area contributed by atoms with Crippen LogP contribution in [0.15, 0.2) is 53.4 Å². The van der Waals surface area contributed by atoms with E-state index in [9.17, 15) is 22.8 Å². The Morgan fingerprint density at radius 3 is 2.07 bits per heavy atom. The number of esters is 1. The molecule has 0 heterocycles. The monoisotopic (exact) mass is 418 g/mol. The third-order valence-electron chi connectivity index (χ3n) is 3.85. The van der Waals surface area contributed by atoms with Gasteiger partial charge >= 0.3 is 5.97 Å². The zero-order valence-corrected chi connectivity index (χ0v) is 16.9. The predicted molar refractivity (Wildman–Crippen MR) is 107 cm³/mol. The van der Waals surface area contributed by atoms with E-state index in [0.29, 0.717) is 12.1 Å². The van der Waals surface area contributed by atoms with Gasteiger partial charge in [0.25, 0.3) is 15.9 Å². The molecule has 0 aromatic heterocycles. The highest BCUT2D eigenvalue weighted by Gasteiger charge is 2.15. The maximum absolute atomic E-state index is 12.4. The number of hydrogen-bond donors (Lipinski definition) is 2. The van der Waals surface area contributed by atoms with Crippen molar-refractivity contribution >= 4 is 33.4 Å². The summed E-state index contributed by atoms with van der Waals surface area (Å²) in [6.07, 6.45) is 0.776. The summed E-state index contributed by atoms with van der Waals surface area (Å²) in [4.78, 5) is 34.7. The van der Waals surface area contributed by atoms with Gasteiger partial charge in [-0.25, -0.2) is 13.2 Å². The second-order valence-corrected chi connectivity index (χ2v) is 7.87. The van der Waals surface area contributed by atoms with Crippen LogP contribution >= 0.6 is 0 Å². The van der Waals surface area contributed by atoms with Crippen LogP contribution < -0.4 is 10.0 Å². The summed E-state index contributed by atoms with van der Waals surface area (Å²) in [7, 11) is -3.85. The fourth-order valence-electron chi connectivity index (χ4n) is 2.29. The van der Waals surface area contributed by atoms with Crippen molar-refractivity contribution in [2.24, 2.45) is 0 Å². The Labute approximate surface area is 169 Å². The quantitative estimate of drug-likeness (QED) is 0.477. The number of anilines is 1.